The fourth-order valence-corrected chi connectivity index (χ4v) is 2.32. The van der Waals surface area contributed by atoms with E-state index in [1.54, 1.807) is 5.01 Å². The number of nitrogens with one attached hydrogen (secondary N) is 1. The number of amides is 1. The van der Waals surface area contributed by atoms with E-state index in [2.05, 4.69) is 5.43 Å². The maximum absolute atomic E-state index is 10.5. The Morgan fingerprint density at radius 2 is 2.00 bits per heavy atom. The smallest absolute Gasteiger partial charge is 0.263 e. The topological polar surface area (TPSA) is 32.3 Å². The maximum atomic E-state index is 10.5. The van der Waals surface area contributed by atoms with Crippen molar-refractivity contribution in [1.82, 2.24) is 10.4 Å². The molecule has 1 spiro atoms. The normalized spacial score (nSPS) is 28.2. The van der Waals surface area contributed by atoms with Crippen LogP contribution in [-0.4, -0.2) is 23.5 Å². The van der Waals surface area contributed by atoms with Gasteiger partial charge in [-0.3, -0.25) is 9.80 Å². The zero-order valence-corrected chi connectivity index (χ0v) is 6.60. The van der Waals surface area contributed by atoms with Gasteiger partial charge in [-0.1, -0.05) is 12.8 Å². The van der Waals surface area contributed by atoms with Gasteiger partial charge in [-0.2, -0.15) is 0 Å². The highest BCUT2D eigenvalue weighted by Gasteiger charge is 2.42. The zero-order chi connectivity index (χ0) is 7.73. The molecule has 1 saturated carbocycles. The van der Waals surface area contributed by atoms with E-state index < -0.39 is 0 Å². The van der Waals surface area contributed by atoms with Gasteiger partial charge in [-0.25, -0.2) is 5.43 Å². The van der Waals surface area contributed by atoms with E-state index in [9.17, 15) is 4.79 Å². The second kappa shape index (κ2) is 2.48. The van der Waals surface area contributed by atoms with Crippen molar-refractivity contribution in [3.05, 3.63) is 0 Å². The van der Waals surface area contributed by atoms with Crippen LogP contribution in [0.4, 0.5) is 0 Å². The molecule has 1 heterocycles. The second-order valence-corrected chi connectivity index (χ2v) is 3.52. The Morgan fingerprint density at radius 1 is 1.27 bits per heavy atom. The summed E-state index contributed by atoms with van der Waals surface area (Å²) in [6, 6.07) is 0. The first-order valence-corrected chi connectivity index (χ1v) is 4.29. The van der Waals surface area contributed by atoms with Crippen molar-refractivity contribution in [3.63, 3.8) is 0 Å². The first-order chi connectivity index (χ1) is 5.37. The first kappa shape index (κ1) is 7.10. The fourth-order valence-electron chi connectivity index (χ4n) is 2.32. The Balaban J connectivity index is 2.15. The van der Waals surface area contributed by atoms with Gasteiger partial charge < -0.3 is 0 Å². The number of hydrogen-bond donors (Lipinski definition) is 1. The molecule has 1 N–H and O–H groups in total. The Hall–Kier alpha value is -0.570. The highest BCUT2D eigenvalue weighted by atomic mass is 16.1. The van der Waals surface area contributed by atoms with Crippen LogP contribution in [0.5, 0.6) is 0 Å². The first-order valence-electron chi connectivity index (χ1n) is 4.29. The molecule has 1 aliphatic heterocycles. The third-order valence-electron chi connectivity index (χ3n) is 2.96. The minimum Gasteiger partial charge on any atom is -0.263 e. The summed E-state index contributed by atoms with van der Waals surface area (Å²) < 4.78 is 0. The summed E-state index contributed by atoms with van der Waals surface area (Å²) in [5.74, 6) is 0. The third kappa shape index (κ3) is 0.948. The van der Waals surface area contributed by atoms with Gasteiger partial charge in [0.1, 0.15) is 0 Å². The lowest BCUT2D eigenvalue weighted by atomic mass is 9.95. The minimum absolute atomic E-state index is 0.155. The quantitative estimate of drug-likeness (QED) is 0.597. The van der Waals surface area contributed by atoms with Gasteiger partial charge >= 0.3 is 6.41 Å². The van der Waals surface area contributed by atoms with E-state index >= 15 is 0 Å². The lowest BCUT2D eigenvalue weighted by Crippen LogP contribution is -2.45. The molecule has 1 amide bonds. The van der Waals surface area contributed by atoms with Crippen molar-refractivity contribution < 1.29 is 4.79 Å². The molecule has 3 nitrogen and oxygen atoms in total. The van der Waals surface area contributed by atoms with Crippen LogP contribution in [0.15, 0.2) is 0 Å². The van der Waals surface area contributed by atoms with Crippen molar-refractivity contribution in [3.8, 4) is 0 Å². The number of hydrogen-bond acceptors (Lipinski definition) is 2. The monoisotopic (exact) mass is 153 g/mol. The van der Waals surface area contributed by atoms with Crippen LogP contribution in [0.3, 0.4) is 0 Å². The minimum atomic E-state index is 0.155. The summed E-state index contributed by atoms with van der Waals surface area (Å²) in [4.78, 5) is 10.5. The summed E-state index contributed by atoms with van der Waals surface area (Å²) in [6.07, 6.45) is 7.93. The molecule has 2 aliphatic rings. The van der Waals surface area contributed by atoms with Gasteiger partial charge in [-0.15, -0.1) is 0 Å². The van der Waals surface area contributed by atoms with Crippen molar-refractivity contribution in [2.45, 2.75) is 37.6 Å². The van der Waals surface area contributed by atoms with Gasteiger partial charge in [-0.05, 0) is 19.3 Å². The lowest BCUT2D eigenvalue weighted by Gasteiger charge is -2.29. The molecule has 2 fully saturated rings. The molecule has 0 aromatic heterocycles. The Labute approximate surface area is 66.7 Å². The van der Waals surface area contributed by atoms with Crippen molar-refractivity contribution in [1.29, 1.82) is 0 Å². The van der Waals surface area contributed by atoms with E-state index in [4.69, 9.17) is 0 Å². The fraction of sp³-hybridized carbons (Fsp3) is 0.875. The van der Waals surface area contributed by atoms with Crippen LogP contribution >= 0.6 is 0 Å². The molecule has 11 heavy (non-hydrogen) atoms. The molecule has 1 aliphatic carbocycles. The van der Waals surface area contributed by atoms with Crippen LogP contribution < -0.4 is 5.43 Å². The molecule has 0 aromatic carbocycles. The van der Waals surface area contributed by atoms with Gasteiger partial charge in [0.15, 0.2) is 0 Å². The molecule has 0 bridgehead atoms. The number of carbonyl (C=O) groups excluding carboxylic acids is 1. The summed E-state index contributed by atoms with van der Waals surface area (Å²) in [5.41, 5.74) is 3.20. The van der Waals surface area contributed by atoms with Crippen molar-refractivity contribution >= 4 is 6.41 Å². The van der Waals surface area contributed by atoms with Crippen LogP contribution in [0, 0.1) is 0 Å². The van der Waals surface area contributed by atoms with Gasteiger partial charge in [0.2, 0.25) is 0 Å². The number of rotatable bonds is 1. The molecule has 0 unspecified atom stereocenters. The average molecular weight is 153 g/mol. The highest BCUT2D eigenvalue weighted by Crippen LogP contribution is 2.38. The lowest BCUT2D eigenvalue weighted by molar-refractivity contribution is 0.182. The molecule has 0 atom stereocenters. The molecular formula is C8H13N2O. The number of nitrogens with zero attached hydrogens (tertiary/aromatic N) is 1. The van der Waals surface area contributed by atoms with Crippen LogP contribution in [0.2, 0.25) is 0 Å². The van der Waals surface area contributed by atoms with Crippen LogP contribution in [0.25, 0.3) is 0 Å². The molecule has 61 valence electrons. The predicted octanol–water partition coefficient (Wildman–Crippen LogP) is 0.577. The van der Waals surface area contributed by atoms with Crippen LogP contribution in [-0.2, 0) is 4.79 Å². The number of hydrazine groups is 1. The zero-order valence-electron chi connectivity index (χ0n) is 6.60. The Kier molecular flexibility index (Phi) is 1.60. The van der Waals surface area contributed by atoms with Gasteiger partial charge in [0.05, 0.1) is 5.54 Å². The molecule has 1 saturated heterocycles. The largest absolute Gasteiger partial charge is 0.328 e. The molecule has 3 heteroatoms. The summed E-state index contributed by atoms with van der Waals surface area (Å²) >= 11 is 0. The standard InChI is InChI=1S/C8H13N2O/c11-7-10-8(5-6-9-10)3-1-2-4-8/h9H,1-6H2. The molecule has 1 radical (unpaired) electrons. The van der Waals surface area contributed by atoms with E-state index in [0.717, 1.165) is 25.8 Å². The predicted molar refractivity (Wildman–Crippen MR) is 41.4 cm³/mol. The molecule has 0 aromatic rings. The summed E-state index contributed by atoms with van der Waals surface area (Å²) in [6.45, 7) is 0.940. The van der Waals surface area contributed by atoms with E-state index in [1.165, 1.54) is 12.8 Å². The van der Waals surface area contributed by atoms with Gasteiger partial charge in [0.25, 0.3) is 0 Å². The van der Waals surface area contributed by atoms with E-state index in [0.29, 0.717) is 0 Å². The Morgan fingerprint density at radius 3 is 2.64 bits per heavy atom. The maximum Gasteiger partial charge on any atom is 0.328 e. The van der Waals surface area contributed by atoms with Crippen molar-refractivity contribution in [2.24, 2.45) is 0 Å². The highest BCUT2D eigenvalue weighted by molar-refractivity contribution is 5.50. The van der Waals surface area contributed by atoms with Crippen LogP contribution in [0.1, 0.15) is 32.1 Å². The van der Waals surface area contributed by atoms with E-state index in [1.807, 2.05) is 6.41 Å². The van der Waals surface area contributed by atoms with Gasteiger partial charge in [0, 0.05) is 6.54 Å². The average Bonchev–Trinajstić information content (AvgIpc) is 2.62. The van der Waals surface area contributed by atoms with Crippen molar-refractivity contribution in [2.75, 3.05) is 6.54 Å². The van der Waals surface area contributed by atoms with E-state index in [-0.39, 0.29) is 5.54 Å². The SMILES string of the molecule is O=[C]N1NCCC12CCCC2. The second-order valence-electron chi connectivity index (χ2n) is 3.52. The Bertz CT molecular complexity index is 158. The molecular weight excluding hydrogens is 140 g/mol. The molecule has 2 rings (SSSR count). The third-order valence-corrected chi connectivity index (χ3v) is 2.96. The summed E-state index contributed by atoms with van der Waals surface area (Å²) in [5, 5.41) is 1.67. The summed E-state index contributed by atoms with van der Waals surface area (Å²) in [7, 11) is 0.